The van der Waals surface area contributed by atoms with Crippen LogP contribution in [0.2, 0.25) is 0 Å². The van der Waals surface area contributed by atoms with Gasteiger partial charge in [-0.15, -0.1) is 0 Å². The van der Waals surface area contributed by atoms with E-state index in [1.54, 1.807) is 6.07 Å². The Morgan fingerprint density at radius 3 is 2.72 bits per heavy atom. The Bertz CT molecular complexity index is 405. The Balaban J connectivity index is 2.62. The average molecular weight is 252 g/mol. The third-order valence-electron chi connectivity index (χ3n) is 2.66. The van der Waals surface area contributed by atoms with Crippen LogP contribution < -0.4 is 10.5 Å². The van der Waals surface area contributed by atoms with E-state index in [-0.39, 0.29) is 12.2 Å². The van der Waals surface area contributed by atoms with Gasteiger partial charge in [0.15, 0.2) is 0 Å². The normalized spacial score (nSPS) is 10.7. The SMILES string of the molecule is CC(C)CCCOc1ccc([N+](=O)[O-])cc1CN. The summed E-state index contributed by atoms with van der Waals surface area (Å²) in [6.45, 7) is 5.18. The topological polar surface area (TPSA) is 78.4 Å². The first-order valence-electron chi connectivity index (χ1n) is 6.14. The van der Waals surface area contributed by atoms with Crippen LogP contribution in [0, 0.1) is 16.0 Å². The van der Waals surface area contributed by atoms with E-state index in [1.807, 2.05) is 0 Å². The first-order valence-corrected chi connectivity index (χ1v) is 6.14. The molecule has 0 spiro atoms. The molecule has 0 radical (unpaired) electrons. The molecule has 5 heteroatoms. The summed E-state index contributed by atoms with van der Waals surface area (Å²) in [5.74, 6) is 1.30. The molecule has 0 aliphatic heterocycles. The maximum absolute atomic E-state index is 10.6. The van der Waals surface area contributed by atoms with Crippen molar-refractivity contribution in [2.45, 2.75) is 33.2 Å². The fraction of sp³-hybridized carbons (Fsp3) is 0.538. The molecule has 5 nitrogen and oxygen atoms in total. The first-order chi connectivity index (χ1) is 8.54. The molecule has 0 fully saturated rings. The van der Waals surface area contributed by atoms with Crippen molar-refractivity contribution in [2.24, 2.45) is 11.7 Å². The number of rotatable bonds is 7. The van der Waals surface area contributed by atoms with Crippen LogP contribution in [-0.4, -0.2) is 11.5 Å². The number of nitrogens with two attached hydrogens (primary N) is 1. The smallest absolute Gasteiger partial charge is 0.270 e. The lowest BCUT2D eigenvalue weighted by molar-refractivity contribution is -0.384. The molecule has 0 saturated carbocycles. The van der Waals surface area contributed by atoms with Crippen molar-refractivity contribution in [3.05, 3.63) is 33.9 Å². The molecule has 0 aliphatic carbocycles. The molecule has 18 heavy (non-hydrogen) atoms. The molecule has 100 valence electrons. The molecule has 2 N–H and O–H groups in total. The molecule has 0 heterocycles. The van der Waals surface area contributed by atoms with Crippen LogP contribution in [-0.2, 0) is 6.54 Å². The highest BCUT2D eigenvalue weighted by atomic mass is 16.6. The van der Waals surface area contributed by atoms with E-state index in [0.717, 1.165) is 12.8 Å². The number of nitro groups is 1. The van der Waals surface area contributed by atoms with Gasteiger partial charge in [-0.25, -0.2) is 0 Å². The van der Waals surface area contributed by atoms with Crippen LogP contribution in [0.4, 0.5) is 5.69 Å². The van der Waals surface area contributed by atoms with Crippen LogP contribution >= 0.6 is 0 Å². The number of nitro benzene ring substituents is 1. The van der Waals surface area contributed by atoms with Gasteiger partial charge in [-0.1, -0.05) is 13.8 Å². The van der Waals surface area contributed by atoms with E-state index in [4.69, 9.17) is 10.5 Å². The van der Waals surface area contributed by atoms with E-state index in [9.17, 15) is 10.1 Å². The molecule has 0 saturated heterocycles. The van der Waals surface area contributed by atoms with Gasteiger partial charge < -0.3 is 10.5 Å². The summed E-state index contributed by atoms with van der Waals surface area (Å²) >= 11 is 0. The van der Waals surface area contributed by atoms with Crippen molar-refractivity contribution < 1.29 is 9.66 Å². The summed E-state index contributed by atoms with van der Waals surface area (Å²) in [6, 6.07) is 4.53. The monoisotopic (exact) mass is 252 g/mol. The number of benzene rings is 1. The summed E-state index contributed by atoms with van der Waals surface area (Å²) in [5, 5.41) is 10.6. The summed E-state index contributed by atoms with van der Waals surface area (Å²) in [4.78, 5) is 10.2. The quantitative estimate of drug-likeness (QED) is 0.460. The predicted octanol–water partition coefficient (Wildman–Crippen LogP) is 2.87. The fourth-order valence-corrected chi connectivity index (χ4v) is 1.65. The van der Waals surface area contributed by atoms with Crippen LogP contribution in [0.1, 0.15) is 32.3 Å². The lowest BCUT2D eigenvalue weighted by Gasteiger charge is -2.11. The number of hydrogen-bond donors (Lipinski definition) is 1. The second kappa shape index (κ2) is 6.96. The number of ether oxygens (including phenoxy) is 1. The Kier molecular flexibility index (Phi) is 5.58. The van der Waals surface area contributed by atoms with Crippen molar-refractivity contribution >= 4 is 5.69 Å². The summed E-state index contributed by atoms with van der Waals surface area (Å²) in [7, 11) is 0. The zero-order chi connectivity index (χ0) is 13.5. The van der Waals surface area contributed by atoms with Gasteiger partial charge in [0.2, 0.25) is 0 Å². The predicted molar refractivity (Wildman–Crippen MR) is 70.6 cm³/mol. The molecule has 0 atom stereocenters. The first kappa shape index (κ1) is 14.4. The third kappa shape index (κ3) is 4.33. The van der Waals surface area contributed by atoms with Crippen LogP contribution in [0.5, 0.6) is 5.75 Å². The molecule has 1 aromatic carbocycles. The van der Waals surface area contributed by atoms with Gasteiger partial charge in [-0.05, 0) is 24.8 Å². The number of hydrogen-bond acceptors (Lipinski definition) is 4. The standard InChI is InChI=1S/C13H20N2O3/c1-10(2)4-3-7-18-13-6-5-12(15(16)17)8-11(13)9-14/h5-6,8,10H,3-4,7,9,14H2,1-2H3. The molecule has 1 rings (SSSR count). The molecule has 0 amide bonds. The summed E-state index contributed by atoms with van der Waals surface area (Å²) in [6.07, 6.45) is 2.07. The lowest BCUT2D eigenvalue weighted by Crippen LogP contribution is -2.05. The van der Waals surface area contributed by atoms with E-state index in [2.05, 4.69) is 13.8 Å². The van der Waals surface area contributed by atoms with E-state index < -0.39 is 4.92 Å². The van der Waals surface area contributed by atoms with E-state index in [0.29, 0.717) is 23.8 Å². The van der Waals surface area contributed by atoms with Gasteiger partial charge in [0.25, 0.3) is 5.69 Å². The fourth-order valence-electron chi connectivity index (χ4n) is 1.65. The zero-order valence-electron chi connectivity index (χ0n) is 10.9. The molecule has 0 aromatic heterocycles. The van der Waals surface area contributed by atoms with Gasteiger partial charge >= 0.3 is 0 Å². The zero-order valence-corrected chi connectivity index (χ0v) is 10.9. The van der Waals surface area contributed by atoms with E-state index >= 15 is 0 Å². The lowest BCUT2D eigenvalue weighted by atomic mass is 10.1. The molecule has 0 aliphatic rings. The second-order valence-corrected chi connectivity index (χ2v) is 4.64. The van der Waals surface area contributed by atoms with Gasteiger partial charge in [0.05, 0.1) is 11.5 Å². The minimum atomic E-state index is -0.429. The Hall–Kier alpha value is -1.62. The molecule has 0 bridgehead atoms. The van der Waals surface area contributed by atoms with Crippen molar-refractivity contribution in [3.63, 3.8) is 0 Å². The number of non-ortho nitro benzene ring substituents is 1. The summed E-state index contributed by atoms with van der Waals surface area (Å²) < 4.78 is 5.61. The maximum atomic E-state index is 10.6. The molecule has 0 unspecified atom stereocenters. The van der Waals surface area contributed by atoms with Gasteiger partial charge in [-0.3, -0.25) is 10.1 Å². The maximum Gasteiger partial charge on any atom is 0.270 e. The number of nitrogens with zero attached hydrogens (tertiary/aromatic N) is 1. The molecule has 1 aromatic rings. The summed E-state index contributed by atoms with van der Waals surface area (Å²) in [5.41, 5.74) is 6.29. The second-order valence-electron chi connectivity index (χ2n) is 4.64. The largest absolute Gasteiger partial charge is 0.493 e. The van der Waals surface area contributed by atoms with Crippen LogP contribution in [0.15, 0.2) is 18.2 Å². The Labute approximate surface area is 107 Å². The van der Waals surface area contributed by atoms with Crippen molar-refractivity contribution in [1.29, 1.82) is 0 Å². The minimum Gasteiger partial charge on any atom is -0.493 e. The third-order valence-corrected chi connectivity index (χ3v) is 2.66. The average Bonchev–Trinajstić information content (AvgIpc) is 2.34. The van der Waals surface area contributed by atoms with Crippen LogP contribution in [0.25, 0.3) is 0 Å². The van der Waals surface area contributed by atoms with Crippen LogP contribution in [0.3, 0.4) is 0 Å². The van der Waals surface area contributed by atoms with Gasteiger partial charge in [-0.2, -0.15) is 0 Å². The van der Waals surface area contributed by atoms with Crippen molar-refractivity contribution in [2.75, 3.05) is 6.61 Å². The van der Waals surface area contributed by atoms with Gasteiger partial charge in [0, 0.05) is 24.2 Å². The molecular formula is C13H20N2O3. The van der Waals surface area contributed by atoms with Gasteiger partial charge in [0.1, 0.15) is 5.75 Å². The van der Waals surface area contributed by atoms with Crippen molar-refractivity contribution in [3.8, 4) is 5.75 Å². The highest BCUT2D eigenvalue weighted by molar-refractivity contribution is 5.43. The Morgan fingerprint density at radius 2 is 2.17 bits per heavy atom. The minimum absolute atomic E-state index is 0.0463. The Morgan fingerprint density at radius 1 is 1.44 bits per heavy atom. The molecular weight excluding hydrogens is 232 g/mol. The van der Waals surface area contributed by atoms with Crippen molar-refractivity contribution in [1.82, 2.24) is 0 Å². The van der Waals surface area contributed by atoms with E-state index in [1.165, 1.54) is 12.1 Å². The highest BCUT2D eigenvalue weighted by Crippen LogP contribution is 2.24. The highest BCUT2D eigenvalue weighted by Gasteiger charge is 2.10.